The SMILES string of the molecule is CC(C)CC(=O)NC(Cc1ccccc1)C(=O)O. The van der Waals surface area contributed by atoms with Crippen LogP contribution in [0.5, 0.6) is 0 Å². The Kier molecular flexibility index (Phi) is 5.36. The van der Waals surface area contributed by atoms with Crippen molar-refractivity contribution < 1.29 is 14.7 Å². The van der Waals surface area contributed by atoms with Gasteiger partial charge in [-0.15, -0.1) is 0 Å². The Hall–Kier alpha value is -1.84. The molecule has 0 aromatic heterocycles. The Morgan fingerprint density at radius 1 is 1.22 bits per heavy atom. The highest BCUT2D eigenvalue weighted by Gasteiger charge is 2.20. The number of carboxylic acids is 1. The summed E-state index contributed by atoms with van der Waals surface area (Å²) in [6, 6.07) is 8.42. The second kappa shape index (κ2) is 6.79. The third-order valence-electron chi connectivity index (χ3n) is 2.51. The first-order valence-corrected chi connectivity index (χ1v) is 6.05. The molecule has 4 nitrogen and oxygen atoms in total. The fraction of sp³-hybridized carbons (Fsp3) is 0.429. The number of rotatable bonds is 6. The van der Waals surface area contributed by atoms with E-state index in [9.17, 15) is 9.59 Å². The Balaban J connectivity index is 2.61. The standard InChI is InChI=1S/C14H19NO3/c1-10(2)8-13(16)15-12(14(17)18)9-11-6-4-3-5-7-11/h3-7,10,12H,8-9H2,1-2H3,(H,15,16)(H,17,18). The van der Waals surface area contributed by atoms with E-state index in [1.54, 1.807) is 0 Å². The maximum absolute atomic E-state index is 11.6. The topological polar surface area (TPSA) is 66.4 Å². The number of carbonyl (C=O) groups is 2. The van der Waals surface area contributed by atoms with Crippen LogP contribution in [0.2, 0.25) is 0 Å². The van der Waals surface area contributed by atoms with Crippen LogP contribution in [-0.2, 0) is 16.0 Å². The van der Waals surface area contributed by atoms with Gasteiger partial charge in [-0.05, 0) is 11.5 Å². The van der Waals surface area contributed by atoms with Crippen molar-refractivity contribution in [3.63, 3.8) is 0 Å². The first-order valence-electron chi connectivity index (χ1n) is 6.05. The molecule has 0 aliphatic carbocycles. The van der Waals surface area contributed by atoms with Crippen LogP contribution in [0.15, 0.2) is 30.3 Å². The Morgan fingerprint density at radius 2 is 1.83 bits per heavy atom. The van der Waals surface area contributed by atoms with E-state index in [1.165, 1.54) is 0 Å². The zero-order chi connectivity index (χ0) is 13.5. The van der Waals surface area contributed by atoms with Gasteiger partial charge in [-0.25, -0.2) is 4.79 Å². The molecule has 0 bridgehead atoms. The predicted molar refractivity (Wildman–Crippen MR) is 69.2 cm³/mol. The van der Waals surface area contributed by atoms with Crippen molar-refractivity contribution in [2.45, 2.75) is 32.7 Å². The van der Waals surface area contributed by atoms with Gasteiger partial charge in [0.25, 0.3) is 0 Å². The van der Waals surface area contributed by atoms with Crippen LogP contribution in [0.1, 0.15) is 25.8 Å². The van der Waals surface area contributed by atoms with Crippen molar-refractivity contribution in [2.24, 2.45) is 5.92 Å². The van der Waals surface area contributed by atoms with Crippen molar-refractivity contribution in [1.82, 2.24) is 5.32 Å². The van der Waals surface area contributed by atoms with E-state index < -0.39 is 12.0 Å². The molecule has 0 saturated carbocycles. The second-order valence-electron chi connectivity index (χ2n) is 4.75. The minimum absolute atomic E-state index is 0.215. The summed E-state index contributed by atoms with van der Waals surface area (Å²) in [5.74, 6) is -1.000. The number of nitrogens with one attached hydrogen (secondary N) is 1. The monoisotopic (exact) mass is 249 g/mol. The summed E-state index contributed by atoms with van der Waals surface area (Å²) >= 11 is 0. The molecule has 1 aromatic rings. The van der Waals surface area contributed by atoms with Gasteiger partial charge in [-0.1, -0.05) is 44.2 Å². The van der Waals surface area contributed by atoms with Crippen LogP contribution in [0.3, 0.4) is 0 Å². The molecule has 1 amide bonds. The summed E-state index contributed by atoms with van der Waals surface area (Å²) in [5.41, 5.74) is 0.898. The smallest absolute Gasteiger partial charge is 0.326 e. The van der Waals surface area contributed by atoms with Crippen LogP contribution in [0.25, 0.3) is 0 Å². The molecule has 1 atom stereocenters. The zero-order valence-electron chi connectivity index (χ0n) is 10.7. The summed E-state index contributed by atoms with van der Waals surface area (Å²) in [6.07, 6.45) is 0.651. The van der Waals surface area contributed by atoms with Crippen molar-refractivity contribution >= 4 is 11.9 Å². The first-order chi connectivity index (χ1) is 8.49. The predicted octanol–water partition coefficient (Wildman–Crippen LogP) is 1.84. The number of benzene rings is 1. The molecule has 1 aromatic carbocycles. The molecule has 0 aliphatic rings. The van der Waals surface area contributed by atoms with Gasteiger partial charge >= 0.3 is 5.97 Å². The molecule has 0 heterocycles. The maximum Gasteiger partial charge on any atom is 0.326 e. The third kappa shape index (κ3) is 4.99. The summed E-state index contributed by atoms with van der Waals surface area (Å²) in [4.78, 5) is 22.7. The molecule has 0 saturated heterocycles. The van der Waals surface area contributed by atoms with Gasteiger partial charge in [0.1, 0.15) is 6.04 Å². The highest BCUT2D eigenvalue weighted by atomic mass is 16.4. The van der Waals surface area contributed by atoms with Crippen LogP contribution in [-0.4, -0.2) is 23.0 Å². The summed E-state index contributed by atoms with van der Waals surface area (Å²) in [5, 5.41) is 11.7. The van der Waals surface area contributed by atoms with E-state index in [1.807, 2.05) is 44.2 Å². The molecule has 1 rings (SSSR count). The van der Waals surface area contributed by atoms with Gasteiger partial charge < -0.3 is 10.4 Å². The number of carboxylic acid groups (broad SMARTS) is 1. The Labute approximate surface area is 107 Å². The normalized spacial score (nSPS) is 12.2. The van der Waals surface area contributed by atoms with Crippen LogP contribution in [0, 0.1) is 5.92 Å². The lowest BCUT2D eigenvalue weighted by atomic mass is 10.1. The Bertz CT molecular complexity index is 401. The van der Waals surface area contributed by atoms with Crippen LogP contribution >= 0.6 is 0 Å². The van der Waals surface area contributed by atoms with E-state index in [0.29, 0.717) is 12.8 Å². The molecule has 0 spiro atoms. The van der Waals surface area contributed by atoms with Crippen molar-refractivity contribution in [3.05, 3.63) is 35.9 Å². The lowest BCUT2D eigenvalue weighted by Gasteiger charge is -2.15. The highest BCUT2D eigenvalue weighted by Crippen LogP contribution is 2.05. The molecular formula is C14H19NO3. The molecule has 4 heteroatoms. The van der Waals surface area contributed by atoms with Crippen LogP contribution in [0.4, 0.5) is 0 Å². The molecule has 18 heavy (non-hydrogen) atoms. The highest BCUT2D eigenvalue weighted by molar-refractivity contribution is 5.83. The maximum atomic E-state index is 11.6. The van der Waals surface area contributed by atoms with E-state index in [2.05, 4.69) is 5.32 Å². The molecular weight excluding hydrogens is 230 g/mol. The van der Waals surface area contributed by atoms with Crippen LogP contribution < -0.4 is 5.32 Å². The average molecular weight is 249 g/mol. The second-order valence-corrected chi connectivity index (χ2v) is 4.75. The van der Waals surface area contributed by atoms with Gasteiger partial charge in [-0.2, -0.15) is 0 Å². The summed E-state index contributed by atoms with van der Waals surface area (Å²) in [7, 11) is 0. The average Bonchev–Trinajstić information content (AvgIpc) is 2.28. The molecule has 0 radical (unpaired) electrons. The van der Waals surface area contributed by atoms with Gasteiger partial charge in [0.2, 0.25) is 5.91 Å². The number of hydrogen-bond donors (Lipinski definition) is 2. The molecule has 1 unspecified atom stereocenters. The van der Waals surface area contributed by atoms with Gasteiger partial charge in [-0.3, -0.25) is 4.79 Å². The van der Waals surface area contributed by atoms with Crippen molar-refractivity contribution in [2.75, 3.05) is 0 Å². The van der Waals surface area contributed by atoms with E-state index in [-0.39, 0.29) is 11.8 Å². The lowest BCUT2D eigenvalue weighted by Crippen LogP contribution is -2.42. The van der Waals surface area contributed by atoms with Gasteiger partial charge in [0.15, 0.2) is 0 Å². The minimum Gasteiger partial charge on any atom is -0.480 e. The Morgan fingerprint density at radius 3 is 2.33 bits per heavy atom. The lowest BCUT2D eigenvalue weighted by molar-refractivity contribution is -0.141. The fourth-order valence-electron chi connectivity index (χ4n) is 1.67. The molecule has 0 aliphatic heterocycles. The molecule has 2 N–H and O–H groups in total. The molecule has 98 valence electrons. The summed E-state index contributed by atoms with van der Waals surface area (Å²) in [6.45, 7) is 3.85. The third-order valence-corrected chi connectivity index (χ3v) is 2.51. The van der Waals surface area contributed by atoms with Crippen molar-refractivity contribution in [3.8, 4) is 0 Å². The zero-order valence-corrected chi connectivity index (χ0v) is 10.7. The molecule has 0 fully saturated rings. The first kappa shape index (κ1) is 14.2. The number of carbonyl (C=O) groups excluding carboxylic acids is 1. The number of amides is 1. The van der Waals surface area contributed by atoms with Gasteiger partial charge in [0.05, 0.1) is 0 Å². The minimum atomic E-state index is -1.00. The number of hydrogen-bond acceptors (Lipinski definition) is 2. The largest absolute Gasteiger partial charge is 0.480 e. The quantitative estimate of drug-likeness (QED) is 0.808. The number of aliphatic carboxylic acids is 1. The summed E-state index contributed by atoms with van der Waals surface area (Å²) < 4.78 is 0. The van der Waals surface area contributed by atoms with Crippen molar-refractivity contribution in [1.29, 1.82) is 0 Å². The van der Waals surface area contributed by atoms with E-state index in [0.717, 1.165) is 5.56 Å². The van der Waals surface area contributed by atoms with E-state index in [4.69, 9.17) is 5.11 Å². The van der Waals surface area contributed by atoms with Gasteiger partial charge in [0, 0.05) is 12.8 Å². The van der Waals surface area contributed by atoms with E-state index >= 15 is 0 Å². The fourth-order valence-corrected chi connectivity index (χ4v) is 1.67.